The molecule has 0 radical (unpaired) electrons. The number of phenols is 1. The Balaban J connectivity index is 1.17. The third-order valence-corrected chi connectivity index (χ3v) is 12.5. The van der Waals surface area contributed by atoms with E-state index in [1.165, 1.54) is 4.90 Å². The highest BCUT2D eigenvalue weighted by atomic mass is 16.5. The van der Waals surface area contributed by atoms with E-state index >= 15 is 4.79 Å². The van der Waals surface area contributed by atoms with Crippen LogP contribution in [0.3, 0.4) is 0 Å². The van der Waals surface area contributed by atoms with Crippen LogP contribution >= 0.6 is 0 Å². The Bertz CT molecular complexity index is 2230. The normalized spacial score (nSPS) is 27.1. The number of nitrogens with one attached hydrogen (secondary N) is 1. The molecular weight excluding hydrogens is 709 g/mol. The van der Waals surface area contributed by atoms with E-state index in [2.05, 4.69) is 10.3 Å². The highest BCUT2D eigenvalue weighted by molar-refractivity contribution is 6.22. The zero-order valence-electron chi connectivity index (χ0n) is 31.4. The molecule has 11 heteroatoms. The molecule has 3 aliphatic heterocycles. The largest absolute Gasteiger partial charge is 0.504 e. The van der Waals surface area contributed by atoms with Gasteiger partial charge in [0.25, 0.3) is 11.8 Å². The van der Waals surface area contributed by atoms with Gasteiger partial charge in [-0.1, -0.05) is 71.8 Å². The molecule has 0 spiro atoms. The average molecular weight is 753 g/mol. The Labute approximate surface area is 325 Å². The first kappa shape index (κ1) is 35.7. The zero-order chi connectivity index (χ0) is 38.7. The Hall–Kier alpha value is -5.94. The van der Waals surface area contributed by atoms with Crippen molar-refractivity contribution in [2.24, 2.45) is 23.7 Å². The molecular formula is C45H44N4O7. The van der Waals surface area contributed by atoms with Gasteiger partial charge in [0.05, 0.1) is 54.4 Å². The van der Waals surface area contributed by atoms with Crippen molar-refractivity contribution >= 4 is 40.7 Å². The number of imide groups is 2. The maximum atomic E-state index is 15.4. The number of amides is 4. The predicted octanol–water partition coefficient (Wildman–Crippen LogP) is 6.13. The van der Waals surface area contributed by atoms with E-state index < -0.39 is 46.8 Å². The molecule has 4 fully saturated rings. The van der Waals surface area contributed by atoms with Crippen molar-refractivity contribution in [2.75, 3.05) is 48.1 Å². The Morgan fingerprint density at radius 3 is 2.25 bits per heavy atom. The fraction of sp³-hybridized carbons (Fsp3) is 0.333. The molecule has 286 valence electrons. The number of fused-ring (bicyclic) bond motifs is 4. The molecule has 3 saturated heterocycles. The summed E-state index contributed by atoms with van der Waals surface area (Å²) in [5.74, 6) is -5.15. The molecule has 11 nitrogen and oxygen atoms in total. The fourth-order valence-corrected chi connectivity index (χ4v) is 10.0. The number of phenolic OH excluding ortho intramolecular Hbond substituents is 1. The van der Waals surface area contributed by atoms with Gasteiger partial charge in [0, 0.05) is 30.3 Å². The van der Waals surface area contributed by atoms with Gasteiger partial charge in [-0.15, -0.1) is 0 Å². The van der Waals surface area contributed by atoms with Crippen molar-refractivity contribution in [1.82, 2.24) is 5.01 Å². The van der Waals surface area contributed by atoms with E-state index in [1.54, 1.807) is 18.2 Å². The topological polar surface area (TPSA) is 129 Å². The Kier molecular flexibility index (Phi) is 8.92. The van der Waals surface area contributed by atoms with E-state index in [0.717, 1.165) is 34.9 Å². The van der Waals surface area contributed by atoms with E-state index in [4.69, 9.17) is 9.47 Å². The summed E-state index contributed by atoms with van der Waals surface area (Å²) in [6.45, 7) is 6.88. The summed E-state index contributed by atoms with van der Waals surface area (Å²) < 4.78 is 11.4. The molecule has 3 heterocycles. The SMILES string of the molecule is CCOc1cccc([C@H]2C3=CC[C@@H]4C(=O)N(c5ccc(N6CCOCC6)cc5)C(=O)[C@@H]4[C@@H]3C[C@H]3C(=O)N(Nc4ccc(C)cc4)C(=O)[C@@]23c2ccccc2)c1O. The maximum absolute atomic E-state index is 15.4. The first-order valence-electron chi connectivity index (χ1n) is 19.5. The summed E-state index contributed by atoms with van der Waals surface area (Å²) in [4.78, 5) is 62.9. The number of anilines is 3. The number of aromatic hydroxyl groups is 1. The monoisotopic (exact) mass is 752 g/mol. The van der Waals surface area contributed by atoms with Crippen LogP contribution in [0.4, 0.5) is 17.1 Å². The van der Waals surface area contributed by atoms with Crippen LogP contribution in [0.2, 0.25) is 0 Å². The highest BCUT2D eigenvalue weighted by Gasteiger charge is 2.70. The number of allylic oxidation sites excluding steroid dienone is 2. The molecule has 2 aliphatic carbocycles. The first-order chi connectivity index (χ1) is 27.2. The minimum atomic E-state index is -1.51. The second-order valence-electron chi connectivity index (χ2n) is 15.3. The molecule has 0 unspecified atom stereocenters. The van der Waals surface area contributed by atoms with Crippen molar-refractivity contribution in [2.45, 2.75) is 38.0 Å². The standard InChI is InChI=1S/C45H44N4O7/c1-3-56-37-11-7-10-34(40(37)50)39-32-20-21-33-38(43(53)48(41(33)51)31-18-16-30(17-19-31)47-22-24-55-25-23-47)35(32)26-36-42(52)49(46-29-14-12-27(2)13-15-29)44(54)45(36,39)28-8-5-4-6-9-28/h4-20,33,35-36,38-39,46,50H,3,21-26H2,1-2H3/t33-,35+,36-,38-,39+,45+/m0/s1. The highest BCUT2D eigenvalue weighted by Crippen LogP contribution is 2.65. The maximum Gasteiger partial charge on any atom is 0.260 e. The third kappa shape index (κ3) is 5.43. The van der Waals surface area contributed by atoms with E-state index in [1.807, 2.05) is 98.8 Å². The second-order valence-corrected chi connectivity index (χ2v) is 15.3. The number of ether oxygens (including phenoxy) is 2. The van der Waals surface area contributed by atoms with Crippen molar-refractivity contribution in [1.29, 1.82) is 0 Å². The lowest BCUT2D eigenvalue weighted by Crippen LogP contribution is -2.53. The summed E-state index contributed by atoms with van der Waals surface area (Å²) in [6.07, 6.45) is 2.42. The van der Waals surface area contributed by atoms with Crippen molar-refractivity contribution in [3.63, 3.8) is 0 Å². The molecule has 4 aromatic rings. The number of para-hydroxylation sites is 1. The van der Waals surface area contributed by atoms with Gasteiger partial charge in [0.15, 0.2) is 11.5 Å². The number of aryl methyl sites for hydroxylation is 1. The van der Waals surface area contributed by atoms with Crippen LogP contribution in [-0.4, -0.2) is 66.7 Å². The van der Waals surface area contributed by atoms with Crippen LogP contribution in [0.1, 0.15) is 42.4 Å². The van der Waals surface area contributed by atoms with Crippen LogP contribution < -0.4 is 20.0 Å². The second kappa shape index (κ2) is 14.0. The lowest BCUT2D eigenvalue weighted by molar-refractivity contribution is -0.138. The van der Waals surface area contributed by atoms with E-state index in [9.17, 15) is 19.5 Å². The van der Waals surface area contributed by atoms with Crippen molar-refractivity contribution in [3.8, 4) is 11.5 Å². The van der Waals surface area contributed by atoms with Gasteiger partial charge in [0.2, 0.25) is 11.8 Å². The number of nitrogens with zero attached hydrogens (tertiary/aromatic N) is 3. The summed E-state index contributed by atoms with van der Waals surface area (Å²) in [5.41, 5.74) is 6.52. The minimum Gasteiger partial charge on any atom is -0.504 e. The number of hydrogen-bond donors (Lipinski definition) is 2. The number of benzene rings is 4. The van der Waals surface area contributed by atoms with Crippen LogP contribution in [0.15, 0.2) is 109 Å². The lowest BCUT2D eigenvalue weighted by Gasteiger charge is -2.50. The van der Waals surface area contributed by atoms with Gasteiger partial charge in [-0.25, -0.2) is 0 Å². The van der Waals surface area contributed by atoms with Gasteiger partial charge >= 0.3 is 0 Å². The summed E-state index contributed by atoms with van der Waals surface area (Å²) in [5, 5.41) is 13.1. The van der Waals surface area contributed by atoms with Crippen LogP contribution in [0.25, 0.3) is 0 Å². The van der Waals surface area contributed by atoms with E-state index in [0.29, 0.717) is 42.3 Å². The van der Waals surface area contributed by atoms with Gasteiger partial charge in [-0.3, -0.25) is 29.5 Å². The Morgan fingerprint density at radius 2 is 1.54 bits per heavy atom. The number of morpholine rings is 1. The molecule has 2 N–H and O–H groups in total. The van der Waals surface area contributed by atoms with Crippen LogP contribution in [-0.2, 0) is 29.3 Å². The molecule has 6 atom stereocenters. The van der Waals surface area contributed by atoms with E-state index in [-0.39, 0.29) is 36.2 Å². The average Bonchev–Trinajstić information content (AvgIpc) is 3.61. The number of hydrazine groups is 1. The van der Waals surface area contributed by atoms with Gasteiger partial charge in [-0.05, 0) is 80.6 Å². The molecule has 1 saturated carbocycles. The minimum absolute atomic E-state index is 0.127. The number of carbonyl (C=O) groups is 4. The summed E-state index contributed by atoms with van der Waals surface area (Å²) >= 11 is 0. The van der Waals surface area contributed by atoms with Crippen LogP contribution in [0, 0.1) is 30.6 Å². The lowest BCUT2D eigenvalue weighted by atomic mass is 9.49. The number of hydrogen-bond acceptors (Lipinski definition) is 9. The van der Waals surface area contributed by atoms with Crippen LogP contribution in [0.5, 0.6) is 11.5 Å². The van der Waals surface area contributed by atoms with Gasteiger partial charge < -0.3 is 19.5 Å². The number of carbonyl (C=O) groups excluding carboxylic acids is 4. The molecule has 4 aromatic carbocycles. The summed E-state index contributed by atoms with van der Waals surface area (Å²) in [7, 11) is 0. The zero-order valence-corrected chi connectivity index (χ0v) is 31.4. The number of rotatable bonds is 8. The quantitative estimate of drug-likeness (QED) is 0.162. The van der Waals surface area contributed by atoms with Crippen molar-refractivity contribution < 1.29 is 33.8 Å². The molecule has 4 amide bonds. The molecule has 0 bridgehead atoms. The summed E-state index contributed by atoms with van der Waals surface area (Å²) in [6, 6.07) is 29.5. The molecule has 9 rings (SSSR count). The van der Waals surface area contributed by atoms with Crippen molar-refractivity contribution in [3.05, 3.63) is 125 Å². The molecule has 0 aromatic heterocycles. The fourth-order valence-electron chi connectivity index (χ4n) is 10.0. The van der Waals surface area contributed by atoms with Gasteiger partial charge in [0.1, 0.15) is 0 Å². The third-order valence-electron chi connectivity index (χ3n) is 12.5. The smallest absolute Gasteiger partial charge is 0.260 e. The Morgan fingerprint density at radius 1 is 0.821 bits per heavy atom. The first-order valence-corrected chi connectivity index (χ1v) is 19.5. The molecule has 5 aliphatic rings. The molecule has 56 heavy (non-hydrogen) atoms. The predicted molar refractivity (Wildman–Crippen MR) is 210 cm³/mol. The van der Waals surface area contributed by atoms with Gasteiger partial charge in [-0.2, -0.15) is 5.01 Å².